The molecule has 2 amide bonds. The van der Waals surface area contributed by atoms with Crippen molar-refractivity contribution < 1.29 is 19.4 Å². The molecule has 0 aliphatic carbocycles. The zero-order valence-electron chi connectivity index (χ0n) is 10.3. The van der Waals surface area contributed by atoms with Crippen LogP contribution < -0.4 is 5.32 Å². The highest BCUT2D eigenvalue weighted by molar-refractivity contribution is 5.82. The second-order valence-corrected chi connectivity index (χ2v) is 4.06. The summed E-state index contributed by atoms with van der Waals surface area (Å²) in [4.78, 5) is 24.2. The molecular weight excluding hydrogens is 238 g/mol. The highest BCUT2D eigenvalue weighted by atomic mass is 16.5. The fraction of sp³-hybridized carbons (Fsp3) is 0.727. The molecule has 2 atom stereocenters. The lowest BCUT2D eigenvalue weighted by molar-refractivity contribution is -0.139. The molecule has 0 aromatic rings. The maximum atomic E-state index is 11.8. The van der Waals surface area contributed by atoms with E-state index in [-0.39, 0.29) is 13.2 Å². The minimum absolute atomic E-state index is 0.167. The fourth-order valence-electron chi connectivity index (χ4n) is 1.70. The Hall–Kier alpha value is -1.81. The third-order valence-electron chi connectivity index (χ3n) is 2.67. The first kappa shape index (κ1) is 14.3. The van der Waals surface area contributed by atoms with E-state index >= 15 is 0 Å². The standard InChI is InChI=1S/C11H17N3O4/c1-2-3-9(10(15)16)13-11(17)14-4-5-18-8(6-12)7-14/h8-9H,2-5,7H2,1H3,(H,13,17)(H,15,16)/t8?,9-/m1/s1. The highest BCUT2D eigenvalue weighted by Crippen LogP contribution is 2.06. The summed E-state index contributed by atoms with van der Waals surface area (Å²) in [7, 11) is 0. The third-order valence-corrected chi connectivity index (χ3v) is 2.67. The molecule has 18 heavy (non-hydrogen) atoms. The first-order valence-corrected chi connectivity index (χ1v) is 5.88. The van der Waals surface area contributed by atoms with E-state index in [4.69, 9.17) is 15.1 Å². The lowest BCUT2D eigenvalue weighted by Crippen LogP contribution is -2.53. The average molecular weight is 255 g/mol. The van der Waals surface area contributed by atoms with Crippen molar-refractivity contribution in [2.24, 2.45) is 0 Å². The van der Waals surface area contributed by atoms with Crippen LogP contribution in [-0.2, 0) is 9.53 Å². The summed E-state index contributed by atoms with van der Waals surface area (Å²) >= 11 is 0. The Morgan fingerprint density at radius 1 is 1.67 bits per heavy atom. The lowest BCUT2D eigenvalue weighted by atomic mass is 10.2. The zero-order chi connectivity index (χ0) is 13.5. The number of aliphatic carboxylic acids is 1. The molecule has 7 nitrogen and oxygen atoms in total. The summed E-state index contributed by atoms with van der Waals surface area (Å²) < 4.78 is 5.11. The van der Waals surface area contributed by atoms with Crippen molar-refractivity contribution in [3.63, 3.8) is 0 Å². The van der Waals surface area contributed by atoms with Gasteiger partial charge < -0.3 is 20.1 Å². The Morgan fingerprint density at radius 2 is 2.39 bits per heavy atom. The Bertz CT molecular complexity index is 353. The van der Waals surface area contributed by atoms with Crippen LogP contribution in [0.1, 0.15) is 19.8 Å². The van der Waals surface area contributed by atoms with Crippen LogP contribution in [0.4, 0.5) is 4.79 Å². The van der Waals surface area contributed by atoms with Crippen LogP contribution >= 0.6 is 0 Å². The number of carbonyl (C=O) groups is 2. The van der Waals surface area contributed by atoms with Gasteiger partial charge in [-0.2, -0.15) is 5.26 Å². The number of urea groups is 1. The quantitative estimate of drug-likeness (QED) is 0.745. The van der Waals surface area contributed by atoms with E-state index in [0.29, 0.717) is 19.4 Å². The number of morpholine rings is 1. The summed E-state index contributed by atoms with van der Waals surface area (Å²) in [5, 5.41) is 20.1. The molecule has 1 heterocycles. The molecule has 0 aromatic heterocycles. The predicted molar refractivity (Wildman–Crippen MR) is 61.8 cm³/mol. The Kier molecular flexibility index (Phi) is 5.39. The molecule has 1 aliphatic rings. The lowest BCUT2D eigenvalue weighted by Gasteiger charge is -2.30. The van der Waals surface area contributed by atoms with Crippen molar-refractivity contribution in [2.75, 3.05) is 19.7 Å². The monoisotopic (exact) mass is 255 g/mol. The largest absolute Gasteiger partial charge is 0.480 e. The van der Waals surface area contributed by atoms with Gasteiger partial charge in [0, 0.05) is 6.54 Å². The SMILES string of the molecule is CCC[C@@H](NC(=O)N1CCOC(C#N)C1)C(=O)O. The van der Waals surface area contributed by atoms with Crippen LogP contribution in [0.15, 0.2) is 0 Å². The van der Waals surface area contributed by atoms with Crippen molar-refractivity contribution in [1.82, 2.24) is 10.2 Å². The molecule has 0 radical (unpaired) electrons. The van der Waals surface area contributed by atoms with Crippen molar-refractivity contribution in [2.45, 2.75) is 31.9 Å². The number of ether oxygens (including phenoxy) is 1. The maximum absolute atomic E-state index is 11.8. The molecule has 1 unspecified atom stereocenters. The average Bonchev–Trinajstić information content (AvgIpc) is 2.38. The van der Waals surface area contributed by atoms with Crippen LogP contribution in [-0.4, -0.2) is 53.8 Å². The number of carboxylic acid groups (broad SMARTS) is 1. The topological polar surface area (TPSA) is 103 Å². The van der Waals surface area contributed by atoms with Gasteiger partial charge in [0.15, 0.2) is 6.10 Å². The molecule has 0 aromatic carbocycles. The van der Waals surface area contributed by atoms with Gasteiger partial charge in [-0.15, -0.1) is 0 Å². The van der Waals surface area contributed by atoms with Crippen molar-refractivity contribution in [3.05, 3.63) is 0 Å². The molecule has 1 fully saturated rings. The van der Waals surface area contributed by atoms with Gasteiger partial charge in [-0.1, -0.05) is 13.3 Å². The Morgan fingerprint density at radius 3 is 2.94 bits per heavy atom. The first-order valence-electron chi connectivity index (χ1n) is 5.88. The normalized spacial score (nSPS) is 20.9. The number of nitriles is 1. The summed E-state index contributed by atoms with van der Waals surface area (Å²) in [6, 6.07) is 0.587. The van der Waals surface area contributed by atoms with E-state index in [0.717, 1.165) is 0 Å². The van der Waals surface area contributed by atoms with Gasteiger partial charge in [0.25, 0.3) is 0 Å². The predicted octanol–water partition coefficient (Wildman–Crippen LogP) is 0.174. The summed E-state index contributed by atoms with van der Waals surface area (Å²) in [6.07, 6.45) is 0.410. The van der Waals surface area contributed by atoms with Crippen LogP contribution in [0, 0.1) is 11.3 Å². The Balaban J connectivity index is 2.53. The van der Waals surface area contributed by atoms with E-state index < -0.39 is 24.1 Å². The zero-order valence-corrected chi connectivity index (χ0v) is 10.3. The summed E-state index contributed by atoms with van der Waals surface area (Å²) in [5.74, 6) is -1.05. The smallest absolute Gasteiger partial charge is 0.326 e. The Labute approximate surface area is 105 Å². The van der Waals surface area contributed by atoms with Crippen molar-refractivity contribution >= 4 is 12.0 Å². The second-order valence-electron chi connectivity index (χ2n) is 4.06. The van der Waals surface area contributed by atoms with Crippen LogP contribution in [0.2, 0.25) is 0 Å². The molecule has 1 aliphatic heterocycles. The number of nitrogens with zero attached hydrogens (tertiary/aromatic N) is 2. The van der Waals surface area contributed by atoms with Crippen molar-refractivity contribution in [3.8, 4) is 6.07 Å². The minimum atomic E-state index is -1.05. The molecule has 0 bridgehead atoms. The number of hydrogen-bond acceptors (Lipinski definition) is 4. The van der Waals surface area contributed by atoms with Gasteiger partial charge in [0.2, 0.25) is 0 Å². The minimum Gasteiger partial charge on any atom is -0.480 e. The summed E-state index contributed by atoms with van der Waals surface area (Å²) in [5.41, 5.74) is 0. The number of nitrogens with one attached hydrogen (secondary N) is 1. The molecule has 1 rings (SSSR count). The highest BCUT2D eigenvalue weighted by Gasteiger charge is 2.27. The van der Waals surface area contributed by atoms with E-state index in [9.17, 15) is 9.59 Å². The third kappa shape index (κ3) is 3.89. The van der Waals surface area contributed by atoms with Gasteiger partial charge in [-0.3, -0.25) is 0 Å². The first-order chi connectivity index (χ1) is 8.58. The van der Waals surface area contributed by atoms with Crippen molar-refractivity contribution in [1.29, 1.82) is 5.26 Å². The van der Waals surface area contributed by atoms with E-state index in [2.05, 4.69) is 5.32 Å². The molecular formula is C11H17N3O4. The summed E-state index contributed by atoms with van der Waals surface area (Å²) in [6.45, 7) is 2.67. The van der Waals surface area contributed by atoms with E-state index in [1.807, 2.05) is 13.0 Å². The maximum Gasteiger partial charge on any atom is 0.326 e. The van der Waals surface area contributed by atoms with Crippen LogP contribution in [0.5, 0.6) is 0 Å². The number of carboxylic acids is 1. The molecule has 100 valence electrons. The van der Waals surface area contributed by atoms with Gasteiger partial charge in [0.05, 0.1) is 19.2 Å². The number of amides is 2. The van der Waals surface area contributed by atoms with Crippen LogP contribution in [0.25, 0.3) is 0 Å². The fourth-order valence-corrected chi connectivity index (χ4v) is 1.70. The van der Waals surface area contributed by atoms with Crippen LogP contribution in [0.3, 0.4) is 0 Å². The number of hydrogen-bond donors (Lipinski definition) is 2. The number of rotatable bonds is 4. The van der Waals surface area contributed by atoms with Gasteiger partial charge in [-0.25, -0.2) is 9.59 Å². The molecule has 7 heteroatoms. The number of carbonyl (C=O) groups excluding carboxylic acids is 1. The molecule has 2 N–H and O–H groups in total. The molecule has 0 spiro atoms. The van der Waals surface area contributed by atoms with Gasteiger partial charge >= 0.3 is 12.0 Å². The van der Waals surface area contributed by atoms with E-state index in [1.165, 1.54) is 4.90 Å². The molecule has 1 saturated heterocycles. The van der Waals surface area contributed by atoms with E-state index in [1.54, 1.807) is 0 Å². The molecule has 0 saturated carbocycles. The van der Waals surface area contributed by atoms with Gasteiger partial charge in [-0.05, 0) is 6.42 Å². The second kappa shape index (κ2) is 6.81. The van der Waals surface area contributed by atoms with Gasteiger partial charge in [0.1, 0.15) is 6.04 Å².